The van der Waals surface area contributed by atoms with Crippen molar-refractivity contribution in [3.63, 3.8) is 0 Å². The summed E-state index contributed by atoms with van der Waals surface area (Å²) in [5.74, 6) is 2.34. The molecule has 0 saturated carbocycles. The number of nitrogens with zero attached hydrogens (tertiary/aromatic N) is 2. The van der Waals surface area contributed by atoms with Crippen molar-refractivity contribution in [1.82, 2.24) is 9.88 Å². The van der Waals surface area contributed by atoms with Gasteiger partial charge in [0.05, 0.1) is 17.2 Å². The Balaban J connectivity index is 1.67. The van der Waals surface area contributed by atoms with Gasteiger partial charge in [0, 0.05) is 20.2 Å². The highest BCUT2D eigenvalue weighted by Gasteiger charge is 2.22. The van der Waals surface area contributed by atoms with E-state index in [0.29, 0.717) is 5.92 Å². The maximum absolute atomic E-state index is 5.82. The van der Waals surface area contributed by atoms with Crippen molar-refractivity contribution < 1.29 is 9.15 Å². The molecule has 2 aromatic rings. The molecule has 3 heterocycles. The number of ether oxygens (including phenoxy) is 1. The largest absolute Gasteiger partial charge is 0.440 e. The molecule has 0 bridgehead atoms. The zero-order chi connectivity index (χ0) is 14.7. The molecule has 0 spiro atoms. The molecule has 21 heavy (non-hydrogen) atoms. The number of hydrogen-bond donors (Lipinski definition) is 0. The van der Waals surface area contributed by atoms with Gasteiger partial charge >= 0.3 is 0 Å². The van der Waals surface area contributed by atoms with E-state index in [1.54, 1.807) is 18.4 Å². The summed E-state index contributed by atoms with van der Waals surface area (Å²) in [6, 6.07) is 4.08. The fraction of sp³-hybridized carbons (Fsp3) is 0.562. The molecule has 0 N–H and O–H groups in total. The molecule has 1 saturated heterocycles. The number of aryl methyl sites for hydroxylation is 1. The zero-order valence-corrected chi connectivity index (χ0v) is 13.5. The Kier molecular flexibility index (Phi) is 4.73. The van der Waals surface area contributed by atoms with Crippen LogP contribution in [0.3, 0.4) is 0 Å². The van der Waals surface area contributed by atoms with Crippen LogP contribution < -0.4 is 0 Å². The van der Waals surface area contributed by atoms with Crippen LogP contribution in [0.5, 0.6) is 0 Å². The smallest absolute Gasteiger partial charge is 0.236 e. The Labute approximate surface area is 129 Å². The van der Waals surface area contributed by atoms with Gasteiger partial charge in [0.25, 0.3) is 0 Å². The van der Waals surface area contributed by atoms with Crippen molar-refractivity contribution in [2.45, 2.75) is 26.3 Å². The van der Waals surface area contributed by atoms with Crippen LogP contribution in [0.4, 0.5) is 0 Å². The quantitative estimate of drug-likeness (QED) is 0.846. The third-order valence-electron chi connectivity index (χ3n) is 4.00. The van der Waals surface area contributed by atoms with Gasteiger partial charge in [-0.05, 0) is 43.7 Å². The lowest BCUT2D eigenvalue weighted by atomic mass is 9.99. The van der Waals surface area contributed by atoms with Crippen LogP contribution in [0.1, 0.15) is 24.3 Å². The molecule has 3 rings (SSSR count). The number of piperidine rings is 1. The molecule has 2 aromatic heterocycles. The summed E-state index contributed by atoms with van der Waals surface area (Å²) >= 11 is 1.66. The first-order valence-corrected chi connectivity index (χ1v) is 8.35. The summed E-state index contributed by atoms with van der Waals surface area (Å²) in [4.78, 5) is 8.25. The first-order valence-electron chi connectivity index (χ1n) is 7.47. The molecule has 0 aromatic carbocycles. The van der Waals surface area contributed by atoms with Crippen LogP contribution in [0.25, 0.3) is 10.8 Å². The lowest BCUT2D eigenvalue weighted by molar-refractivity contribution is 0.0866. The number of thiophene rings is 1. The van der Waals surface area contributed by atoms with Crippen molar-refractivity contribution in [3.8, 4) is 10.8 Å². The maximum atomic E-state index is 5.82. The number of rotatable bonds is 5. The van der Waals surface area contributed by atoms with E-state index < -0.39 is 0 Å². The zero-order valence-electron chi connectivity index (χ0n) is 12.7. The van der Waals surface area contributed by atoms with E-state index >= 15 is 0 Å². The molecule has 1 fully saturated rings. The molecule has 1 aliphatic rings. The van der Waals surface area contributed by atoms with E-state index in [-0.39, 0.29) is 0 Å². The van der Waals surface area contributed by atoms with Crippen LogP contribution in [0.2, 0.25) is 0 Å². The average Bonchev–Trinajstić information content (AvgIpc) is 3.10. The van der Waals surface area contributed by atoms with E-state index in [1.807, 2.05) is 13.0 Å². The fourth-order valence-electron chi connectivity index (χ4n) is 2.96. The summed E-state index contributed by atoms with van der Waals surface area (Å²) in [5.41, 5.74) is 1.07. The monoisotopic (exact) mass is 306 g/mol. The lowest BCUT2D eigenvalue weighted by Gasteiger charge is -2.31. The second kappa shape index (κ2) is 6.73. The van der Waals surface area contributed by atoms with E-state index in [1.165, 1.54) is 12.8 Å². The summed E-state index contributed by atoms with van der Waals surface area (Å²) in [6.45, 7) is 5.97. The van der Waals surface area contributed by atoms with Crippen LogP contribution >= 0.6 is 11.3 Å². The van der Waals surface area contributed by atoms with Crippen LogP contribution in [-0.2, 0) is 11.3 Å². The third-order valence-corrected chi connectivity index (χ3v) is 4.86. The molecule has 1 aliphatic heterocycles. The summed E-state index contributed by atoms with van der Waals surface area (Å²) < 4.78 is 11.1. The highest BCUT2D eigenvalue weighted by Crippen LogP contribution is 2.27. The molecular formula is C16H22N2O2S. The van der Waals surface area contributed by atoms with Crippen LogP contribution in [-0.4, -0.2) is 36.7 Å². The predicted octanol–water partition coefficient (Wildman–Crippen LogP) is 3.57. The minimum absolute atomic E-state index is 0.646. The molecule has 0 aliphatic carbocycles. The van der Waals surface area contributed by atoms with Gasteiger partial charge in [-0.3, -0.25) is 4.90 Å². The highest BCUT2D eigenvalue weighted by molar-refractivity contribution is 7.13. The lowest BCUT2D eigenvalue weighted by Crippen LogP contribution is -2.36. The van der Waals surface area contributed by atoms with Gasteiger partial charge in [-0.2, -0.15) is 0 Å². The van der Waals surface area contributed by atoms with E-state index in [9.17, 15) is 0 Å². The average molecular weight is 306 g/mol. The van der Waals surface area contributed by atoms with E-state index in [2.05, 4.69) is 21.3 Å². The van der Waals surface area contributed by atoms with Crippen molar-refractivity contribution in [3.05, 3.63) is 29.0 Å². The Morgan fingerprint density at radius 3 is 3.19 bits per heavy atom. The van der Waals surface area contributed by atoms with Gasteiger partial charge in [0.15, 0.2) is 0 Å². The van der Waals surface area contributed by atoms with E-state index in [0.717, 1.165) is 48.5 Å². The van der Waals surface area contributed by atoms with Crippen LogP contribution in [0, 0.1) is 12.8 Å². The first-order chi connectivity index (χ1) is 10.3. The molecule has 0 radical (unpaired) electrons. The molecule has 114 valence electrons. The minimum Gasteiger partial charge on any atom is -0.440 e. The van der Waals surface area contributed by atoms with Gasteiger partial charge < -0.3 is 9.15 Å². The van der Waals surface area contributed by atoms with Gasteiger partial charge in [0.1, 0.15) is 5.76 Å². The highest BCUT2D eigenvalue weighted by atomic mass is 32.1. The fourth-order valence-corrected chi connectivity index (χ4v) is 3.61. The van der Waals surface area contributed by atoms with Crippen molar-refractivity contribution in [1.29, 1.82) is 0 Å². The summed E-state index contributed by atoms with van der Waals surface area (Å²) in [6.07, 6.45) is 2.51. The van der Waals surface area contributed by atoms with Crippen molar-refractivity contribution >= 4 is 11.3 Å². The number of hydrogen-bond acceptors (Lipinski definition) is 5. The molecule has 1 atom stereocenters. The molecule has 1 unspecified atom stereocenters. The summed E-state index contributed by atoms with van der Waals surface area (Å²) in [7, 11) is 1.79. The topological polar surface area (TPSA) is 38.5 Å². The Hall–Kier alpha value is -1.17. The molecule has 0 amide bonds. The Bertz CT molecular complexity index is 563. The van der Waals surface area contributed by atoms with Crippen LogP contribution in [0.15, 0.2) is 21.9 Å². The normalized spacial score (nSPS) is 20.0. The van der Waals surface area contributed by atoms with Gasteiger partial charge in [0.2, 0.25) is 5.89 Å². The Morgan fingerprint density at radius 2 is 2.43 bits per heavy atom. The minimum atomic E-state index is 0.646. The number of methoxy groups -OCH3 is 1. The maximum Gasteiger partial charge on any atom is 0.236 e. The van der Waals surface area contributed by atoms with Crippen molar-refractivity contribution in [2.24, 2.45) is 5.92 Å². The van der Waals surface area contributed by atoms with Crippen molar-refractivity contribution in [2.75, 3.05) is 26.8 Å². The SMILES string of the molecule is COCC1CCCN(Cc2nc(-c3cccs3)oc2C)C1. The molecular weight excluding hydrogens is 284 g/mol. The first kappa shape index (κ1) is 14.8. The number of likely N-dealkylation sites (tertiary alicyclic amines) is 1. The van der Waals surface area contributed by atoms with E-state index in [4.69, 9.17) is 9.15 Å². The third kappa shape index (κ3) is 3.54. The van der Waals surface area contributed by atoms with Gasteiger partial charge in [-0.25, -0.2) is 4.98 Å². The second-order valence-electron chi connectivity index (χ2n) is 5.70. The molecule has 4 nitrogen and oxygen atoms in total. The number of aromatic nitrogens is 1. The molecule has 5 heteroatoms. The Morgan fingerprint density at radius 1 is 1.52 bits per heavy atom. The van der Waals surface area contributed by atoms with Gasteiger partial charge in [-0.1, -0.05) is 6.07 Å². The second-order valence-corrected chi connectivity index (χ2v) is 6.65. The van der Waals surface area contributed by atoms with Gasteiger partial charge in [-0.15, -0.1) is 11.3 Å². The number of oxazole rings is 1. The standard InChI is InChI=1S/C16H22N2O2S/c1-12-14(17-16(20-12)15-6-4-8-21-15)10-18-7-3-5-13(9-18)11-19-2/h4,6,8,13H,3,5,7,9-11H2,1-2H3. The predicted molar refractivity (Wildman–Crippen MR) is 84.4 cm³/mol. The summed E-state index contributed by atoms with van der Waals surface area (Å²) in [5, 5.41) is 2.05.